The molecule has 1 aliphatic heterocycles. The Morgan fingerprint density at radius 3 is 2.90 bits per heavy atom. The second-order valence-corrected chi connectivity index (χ2v) is 5.18. The van der Waals surface area contributed by atoms with Crippen LogP contribution in [0.4, 0.5) is 8.78 Å². The van der Waals surface area contributed by atoms with Crippen LogP contribution in [0.5, 0.6) is 0 Å². The van der Waals surface area contributed by atoms with Crippen LogP contribution in [-0.2, 0) is 0 Å². The molecule has 20 heavy (non-hydrogen) atoms. The van der Waals surface area contributed by atoms with Crippen LogP contribution >= 0.6 is 0 Å². The summed E-state index contributed by atoms with van der Waals surface area (Å²) in [5, 5.41) is 8.86. The smallest absolute Gasteiger partial charge is 0.179 e. The van der Waals surface area contributed by atoms with Crippen LogP contribution in [0.2, 0.25) is 0 Å². The van der Waals surface area contributed by atoms with Crippen LogP contribution in [0.3, 0.4) is 0 Å². The van der Waals surface area contributed by atoms with Gasteiger partial charge in [0.1, 0.15) is 11.6 Å². The van der Waals surface area contributed by atoms with Gasteiger partial charge in [-0.05, 0) is 44.4 Å². The van der Waals surface area contributed by atoms with E-state index >= 15 is 0 Å². The van der Waals surface area contributed by atoms with Crippen molar-refractivity contribution in [1.29, 1.82) is 0 Å². The highest BCUT2D eigenvalue weighted by molar-refractivity contribution is 5.97. The van der Waals surface area contributed by atoms with E-state index in [1.54, 1.807) is 0 Å². The summed E-state index contributed by atoms with van der Waals surface area (Å²) < 4.78 is 26.4. The largest absolute Gasteiger partial charge is 0.396 e. The molecule has 3 nitrogen and oxygen atoms in total. The number of aliphatic hydroxyl groups is 1. The van der Waals surface area contributed by atoms with Crippen molar-refractivity contribution in [3.05, 3.63) is 35.4 Å². The standard InChI is InChI=1S/C15H19F2NO2/c16-11-5-6-13(14(17)9-11)15(20)10-18-7-1-3-12(18)4-2-8-19/h5-6,9,12,19H,1-4,7-8,10H2. The predicted molar refractivity (Wildman–Crippen MR) is 71.6 cm³/mol. The zero-order chi connectivity index (χ0) is 14.5. The number of benzene rings is 1. The van der Waals surface area contributed by atoms with Gasteiger partial charge in [-0.3, -0.25) is 9.69 Å². The molecule has 1 aliphatic rings. The molecular weight excluding hydrogens is 264 g/mol. The lowest BCUT2D eigenvalue weighted by atomic mass is 10.1. The number of likely N-dealkylation sites (tertiary alicyclic amines) is 1. The van der Waals surface area contributed by atoms with E-state index in [2.05, 4.69) is 0 Å². The third kappa shape index (κ3) is 3.61. The molecule has 0 bridgehead atoms. The van der Waals surface area contributed by atoms with Gasteiger partial charge in [0.25, 0.3) is 0 Å². The maximum atomic E-state index is 13.6. The van der Waals surface area contributed by atoms with Gasteiger partial charge >= 0.3 is 0 Å². The SMILES string of the molecule is O=C(CN1CCCC1CCCO)c1ccc(F)cc1F. The van der Waals surface area contributed by atoms with Gasteiger partial charge in [0.2, 0.25) is 0 Å². The average Bonchev–Trinajstić information content (AvgIpc) is 2.83. The highest BCUT2D eigenvalue weighted by Crippen LogP contribution is 2.22. The lowest BCUT2D eigenvalue weighted by molar-refractivity contribution is 0.0911. The summed E-state index contributed by atoms with van der Waals surface area (Å²) in [5.74, 6) is -1.81. The molecule has 1 aromatic rings. The number of rotatable bonds is 6. The molecule has 0 aliphatic carbocycles. The Balaban J connectivity index is 1.99. The van der Waals surface area contributed by atoms with Gasteiger partial charge in [-0.15, -0.1) is 0 Å². The van der Waals surface area contributed by atoms with Crippen molar-refractivity contribution in [3.63, 3.8) is 0 Å². The number of hydrogen-bond acceptors (Lipinski definition) is 3. The number of carbonyl (C=O) groups excluding carboxylic acids is 1. The van der Waals surface area contributed by atoms with Gasteiger partial charge < -0.3 is 5.11 Å². The van der Waals surface area contributed by atoms with E-state index in [4.69, 9.17) is 5.11 Å². The minimum Gasteiger partial charge on any atom is -0.396 e. The fraction of sp³-hybridized carbons (Fsp3) is 0.533. The van der Waals surface area contributed by atoms with E-state index < -0.39 is 11.6 Å². The number of Topliss-reactive ketones (excluding diaryl/α,β-unsaturated/α-hetero) is 1. The summed E-state index contributed by atoms with van der Waals surface area (Å²) in [6.07, 6.45) is 3.56. The Bertz CT molecular complexity index is 479. The average molecular weight is 283 g/mol. The van der Waals surface area contributed by atoms with Crippen LogP contribution in [0.25, 0.3) is 0 Å². The summed E-state index contributed by atoms with van der Waals surface area (Å²) in [5.41, 5.74) is -0.0563. The number of nitrogens with zero attached hydrogens (tertiary/aromatic N) is 1. The lowest BCUT2D eigenvalue weighted by Crippen LogP contribution is -2.34. The first-order valence-corrected chi connectivity index (χ1v) is 6.95. The molecule has 110 valence electrons. The Kier molecular flexibility index (Phi) is 5.20. The molecule has 0 aromatic heterocycles. The molecule has 2 rings (SSSR count). The topological polar surface area (TPSA) is 40.5 Å². The molecule has 0 radical (unpaired) electrons. The van der Waals surface area contributed by atoms with E-state index in [9.17, 15) is 13.6 Å². The van der Waals surface area contributed by atoms with Crippen LogP contribution < -0.4 is 0 Å². The molecule has 1 heterocycles. The second kappa shape index (κ2) is 6.90. The van der Waals surface area contributed by atoms with Gasteiger partial charge in [-0.2, -0.15) is 0 Å². The quantitative estimate of drug-likeness (QED) is 0.815. The first-order chi connectivity index (χ1) is 9.61. The normalized spacial score (nSPS) is 19.4. The Hall–Kier alpha value is -1.33. The molecule has 1 aromatic carbocycles. The van der Waals surface area contributed by atoms with Crippen LogP contribution in [0, 0.1) is 11.6 Å². The van der Waals surface area contributed by atoms with Gasteiger partial charge in [0.15, 0.2) is 5.78 Å². The molecule has 5 heteroatoms. The second-order valence-electron chi connectivity index (χ2n) is 5.18. The fourth-order valence-electron chi connectivity index (χ4n) is 2.74. The number of aliphatic hydroxyl groups excluding tert-OH is 1. The molecule has 1 N–H and O–H groups in total. The minimum absolute atomic E-state index is 0.0563. The predicted octanol–water partition coefficient (Wildman–Crippen LogP) is 2.38. The first-order valence-electron chi connectivity index (χ1n) is 6.95. The van der Waals surface area contributed by atoms with Gasteiger partial charge in [-0.25, -0.2) is 8.78 Å². The highest BCUT2D eigenvalue weighted by atomic mass is 19.1. The number of ketones is 1. The summed E-state index contributed by atoms with van der Waals surface area (Å²) >= 11 is 0. The lowest BCUT2D eigenvalue weighted by Gasteiger charge is -2.23. The van der Waals surface area contributed by atoms with Crippen molar-refractivity contribution in [1.82, 2.24) is 4.90 Å². The van der Waals surface area contributed by atoms with Gasteiger partial charge in [0.05, 0.1) is 12.1 Å². The summed E-state index contributed by atoms with van der Waals surface area (Å²) in [4.78, 5) is 14.1. The zero-order valence-corrected chi connectivity index (χ0v) is 11.3. The van der Waals surface area contributed by atoms with Crippen LogP contribution in [0.1, 0.15) is 36.0 Å². The monoisotopic (exact) mass is 283 g/mol. The number of halogens is 2. The van der Waals surface area contributed by atoms with Gasteiger partial charge in [0, 0.05) is 18.7 Å². The molecular formula is C15H19F2NO2. The van der Waals surface area contributed by atoms with E-state index in [1.807, 2.05) is 4.90 Å². The Morgan fingerprint density at radius 1 is 1.40 bits per heavy atom. The van der Waals surface area contributed by atoms with Crippen LogP contribution in [0.15, 0.2) is 18.2 Å². The van der Waals surface area contributed by atoms with Crippen molar-refractivity contribution in [3.8, 4) is 0 Å². The van der Waals surface area contributed by atoms with Crippen molar-refractivity contribution >= 4 is 5.78 Å². The molecule has 1 fully saturated rings. The summed E-state index contributed by atoms with van der Waals surface area (Å²) in [6, 6.07) is 3.31. The van der Waals surface area contributed by atoms with Crippen LogP contribution in [-0.4, -0.2) is 41.5 Å². The fourth-order valence-corrected chi connectivity index (χ4v) is 2.74. The maximum absolute atomic E-state index is 13.6. The van der Waals surface area contributed by atoms with Crippen molar-refractivity contribution in [2.24, 2.45) is 0 Å². The van der Waals surface area contributed by atoms with Crippen molar-refractivity contribution in [2.45, 2.75) is 31.7 Å². The molecule has 1 saturated heterocycles. The Morgan fingerprint density at radius 2 is 2.20 bits per heavy atom. The maximum Gasteiger partial charge on any atom is 0.179 e. The number of hydrogen-bond donors (Lipinski definition) is 1. The van der Waals surface area contributed by atoms with Gasteiger partial charge in [-0.1, -0.05) is 0 Å². The Labute approximate surface area is 117 Å². The zero-order valence-electron chi connectivity index (χ0n) is 11.3. The van der Waals surface area contributed by atoms with Crippen molar-refractivity contribution in [2.75, 3.05) is 19.7 Å². The van der Waals surface area contributed by atoms with Crippen molar-refractivity contribution < 1.29 is 18.7 Å². The first kappa shape index (κ1) is 15.1. The summed E-state index contributed by atoms with van der Waals surface area (Å²) in [7, 11) is 0. The molecule has 0 spiro atoms. The highest BCUT2D eigenvalue weighted by Gasteiger charge is 2.26. The van der Waals surface area contributed by atoms with E-state index in [-0.39, 0.29) is 30.5 Å². The third-order valence-electron chi connectivity index (χ3n) is 3.77. The van der Waals surface area contributed by atoms with E-state index in [1.165, 1.54) is 6.07 Å². The third-order valence-corrected chi connectivity index (χ3v) is 3.77. The summed E-state index contributed by atoms with van der Waals surface area (Å²) in [6.45, 7) is 1.11. The number of carbonyl (C=O) groups is 1. The molecule has 0 amide bonds. The molecule has 1 unspecified atom stereocenters. The minimum atomic E-state index is -0.805. The van der Waals surface area contributed by atoms with E-state index in [0.717, 1.165) is 37.9 Å². The molecule has 1 atom stereocenters. The van der Waals surface area contributed by atoms with E-state index in [0.29, 0.717) is 6.42 Å². The molecule has 0 saturated carbocycles.